The number of hydrogen-bond donors (Lipinski definition) is 2. The lowest BCUT2D eigenvalue weighted by molar-refractivity contribution is -0.161. The van der Waals surface area contributed by atoms with Crippen molar-refractivity contribution in [1.29, 1.82) is 0 Å². The van der Waals surface area contributed by atoms with Crippen molar-refractivity contribution in [1.82, 2.24) is 15.1 Å². The summed E-state index contributed by atoms with van der Waals surface area (Å²) in [4.78, 5) is 59.3. The number of hydrogen-bond acceptors (Lipinski definition) is 7. The van der Waals surface area contributed by atoms with Gasteiger partial charge in [-0.05, 0) is 42.7 Å². The summed E-state index contributed by atoms with van der Waals surface area (Å²) in [7, 11) is 0. The van der Waals surface area contributed by atoms with Crippen molar-refractivity contribution in [2.45, 2.75) is 82.4 Å². The molecule has 2 N–H and O–H groups in total. The topological polar surface area (TPSA) is 125 Å². The van der Waals surface area contributed by atoms with E-state index in [0.717, 1.165) is 5.56 Å². The first-order valence-electron chi connectivity index (χ1n) is 17.3. The number of aliphatic hydroxyl groups excluding tert-OH is 1. The average Bonchev–Trinajstić information content (AvgIpc) is 3.75. The van der Waals surface area contributed by atoms with E-state index in [1.807, 2.05) is 74.5 Å². The van der Waals surface area contributed by atoms with Crippen molar-refractivity contribution in [2.24, 2.45) is 17.8 Å². The monoisotopic (exact) mass is 671 g/mol. The Bertz CT molecular complexity index is 1500. The number of esters is 1. The minimum Gasteiger partial charge on any atom is -0.455 e. The van der Waals surface area contributed by atoms with Crippen LogP contribution in [0, 0.1) is 17.8 Å². The van der Waals surface area contributed by atoms with Crippen LogP contribution in [0.15, 0.2) is 86.0 Å². The molecule has 3 amide bonds. The summed E-state index contributed by atoms with van der Waals surface area (Å²) in [6.45, 7) is 11.8. The number of allylic oxidation sites excluding steroid dienone is 1. The molecule has 3 fully saturated rings. The molecule has 0 aliphatic carbocycles. The van der Waals surface area contributed by atoms with Crippen LogP contribution in [0.1, 0.15) is 63.2 Å². The number of nitrogens with zero attached hydrogens (tertiary/aromatic N) is 2. The smallest absolute Gasteiger partial charge is 0.313 e. The summed E-state index contributed by atoms with van der Waals surface area (Å²) >= 11 is 0. The van der Waals surface area contributed by atoms with E-state index in [1.54, 1.807) is 17.1 Å². The van der Waals surface area contributed by atoms with Crippen LogP contribution in [0.5, 0.6) is 0 Å². The van der Waals surface area contributed by atoms with Gasteiger partial charge in [0.15, 0.2) is 0 Å². The highest BCUT2D eigenvalue weighted by Gasteiger charge is 2.75. The summed E-state index contributed by atoms with van der Waals surface area (Å²) in [5, 5.41) is 13.5. The summed E-state index contributed by atoms with van der Waals surface area (Å²) < 4.78 is 12.8. The molecule has 0 aromatic heterocycles. The largest absolute Gasteiger partial charge is 0.455 e. The number of rotatable bonds is 17. The van der Waals surface area contributed by atoms with E-state index in [4.69, 9.17) is 9.47 Å². The second kappa shape index (κ2) is 16.0. The maximum atomic E-state index is 14.8. The highest BCUT2D eigenvalue weighted by Crippen LogP contribution is 2.59. The van der Waals surface area contributed by atoms with Crippen LogP contribution in [0.3, 0.4) is 0 Å². The Kier molecular flexibility index (Phi) is 11.7. The normalized spacial score (nSPS) is 25.1. The number of amides is 3. The van der Waals surface area contributed by atoms with Gasteiger partial charge in [0.2, 0.25) is 17.7 Å². The third-order valence-corrected chi connectivity index (χ3v) is 9.96. The number of fused-ring (bicyclic) bond motifs is 1. The highest BCUT2D eigenvalue weighted by molar-refractivity contribution is 5.98. The molecule has 2 aromatic rings. The molecule has 2 aromatic carbocycles. The standard InChI is InChI=1S/C39H49N3O7/c1-5-7-18-32(44)40-23-31(28-16-12-9-13-17-28)48-38(47)33-30-19-20-39(49-30)34(33)36(45)42(29(25-43)22-26(3)4)35(39)37(46)41(21-6-2)24-27-14-10-8-11-15-27/h5-6,8-17,26,29-31,33-35,43H,1-2,7,18-25H2,3-4H3,(H,40,44)/t29-,30-,31-,33+,34+,35-,39+/m1/s1. The number of carbonyl (C=O) groups excluding carboxylic acids is 4. The summed E-state index contributed by atoms with van der Waals surface area (Å²) in [5.41, 5.74) is 0.360. The molecule has 0 unspecified atom stereocenters. The van der Waals surface area contributed by atoms with E-state index in [9.17, 15) is 24.3 Å². The van der Waals surface area contributed by atoms with Crippen LogP contribution in [-0.2, 0) is 35.2 Å². The van der Waals surface area contributed by atoms with Gasteiger partial charge in [-0.15, -0.1) is 13.2 Å². The summed E-state index contributed by atoms with van der Waals surface area (Å²) in [6.07, 6.45) is 4.04. The summed E-state index contributed by atoms with van der Waals surface area (Å²) in [6, 6.07) is 17.1. The third kappa shape index (κ3) is 7.50. The Morgan fingerprint density at radius 2 is 1.80 bits per heavy atom. The van der Waals surface area contributed by atoms with Gasteiger partial charge in [-0.1, -0.05) is 86.7 Å². The van der Waals surface area contributed by atoms with E-state index in [-0.39, 0.29) is 49.8 Å². The van der Waals surface area contributed by atoms with Gasteiger partial charge in [0.25, 0.3) is 0 Å². The predicted octanol–water partition coefficient (Wildman–Crippen LogP) is 4.35. The molecule has 2 bridgehead atoms. The molecule has 0 saturated carbocycles. The van der Waals surface area contributed by atoms with Gasteiger partial charge < -0.3 is 29.7 Å². The number of benzene rings is 2. The molecular weight excluding hydrogens is 622 g/mol. The Morgan fingerprint density at radius 3 is 2.43 bits per heavy atom. The van der Waals surface area contributed by atoms with Gasteiger partial charge in [0.1, 0.15) is 17.7 Å². The molecule has 10 nitrogen and oxygen atoms in total. The maximum absolute atomic E-state index is 14.8. The van der Waals surface area contributed by atoms with Crippen LogP contribution in [0.2, 0.25) is 0 Å². The fourth-order valence-electron chi connectivity index (χ4n) is 7.86. The Balaban J connectivity index is 1.47. The lowest BCUT2D eigenvalue weighted by Crippen LogP contribution is -2.58. The van der Waals surface area contributed by atoms with Gasteiger partial charge in [-0.3, -0.25) is 19.2 Å². The van der Waals surface area contributed by atoms with E-state index in [2.05, 4.69) is 18.5 Å². The van der Waals surface area contributed by atoms with Crippen LogP contribution in [-0.4, -0.2) is 82.1 Å². The van der Waals surface area contributed by atoms with E-state index < -0.39 is 47.7 Å². The van der Waals surface area contributed by atoms with Crippen molar-refractivity contribution in [3.63, 3.8) is 0 Å². The highest BCUT2D eigenvalue weighted by atomic mass is 16.6. The first kappa shape index (κ1) is 36.0. The maximum Gasteiger partial charge on any atom is 0.313 e. The molecule has 1 spiro atoms. The second-order valence-corrected chi connectivity index (χ2v) is 13.7. The summed E-state index contributed by atoms with van der Waals surface area (Å²) in [5.74, 6) is -3.28. The van der Waals surface area contributed by atoms with E-state index in [1.165, 1.54) is 4.90 Å². The van der Waals surface area contributed by atoms with Crippen molar-refractivity contribution in [3.05, 3.63) is 97.1 Å². The lowest BCUT2D eigenvalue weighted by Gasteiger charge is -2.39. The lowest BCUT2D eigenvalue weighted by atomic mass is 9.70. The van der Waals surface area contributed by atoms with E-state index >= 15 is 0 Å². The van der Waals surface area contributed by atoms with Crippen LogP contribution in [0.25, 0.3) is 0 Å². The van der Waals surface area contributed by atoms with Crippen molar-refractivity contribution in [2.75, 3.05) is 19.7 Å². The molecule has 5 rings (SSSR count). The molecular formula is C39H49N3O7. The third-order valence-electron chi connectivity index (χ3n) is 9.96. The molecule has 3 saturated heterocycles. The molecule has 49 heavy (non-hydrogen) atoms. The molecule has 3 aliphatic rings. The van der Waals surface area contributed by atoms with Crippen molar-refractivity contribution < 1.29 is 33.8 Å². The molecule has 3 aliphatic heterocycles. The number of nitrogens with one attached hydrogen (secondary N) is 1. The number of likely N-dealkylation sites (tertiary alicyclic amines) is 1. The van der Waals surface area contributed by atoms with Crippen LogP contribution < -0.4 is 5.32 Å². The quantitative estimate of drug-likeness (QED) is 0.189. The van der Waals surface area contributed by atoms with Crippen molar-refractivity contribution in [3.8, 4) is 0 Å². The minimum absolute atomic E-state index is 0.0535. The Labute approximate surface area is 289 Å². The first-order valence-corrected chi connectivity index (χ1v) is 17.3. The average molecular weight is 672 g/mol. The molecule has 3 heterocycles. The molecule has 262 valence electrons. The fourth-order valence-corrected chi connectivity index (χ4v) is 7.86. The number of carbonyl (C=O) groups is 4. The second-order valence-electron chi connectivity index (χ2n) is 13.7. The molecule has 10 heteroatoms. The van der Waals surface area contributed by atoms with E-state index in [0.29, 0.717) is 37.8 Å². The van der Waals surface area contributed by atoms with Crippen molar-refractivity contribution >= 4 is 23.7 Å². The van der Waals surface area contributed by atoms with Gasteiger partial charge in [-0.25, -0.2) is 0 Å². The SMILES string of the molecule is C=CCCC(=O)NC[C@@H](OC(=O)[C@@H]1[C@H]2C(=O)N([C@@H](CO)CC(C)C)[C@H](C(=O)N(CC=C)Cc3ccccc3)[C@]23CC[C@H]1O3)c1ccccc1. The fraction of sp³-hybridized carbons (Fsp3) is 0.487. The number of aliphatic hydroxyl groups is 1. The van der Waals surface area contributed by atoms with Gasteiger partial charge in [0.05, 0.1) is 37.1 Å². The Morgan fingerprint density at radius 1 is 1.10 bits per heavy atom. The van der Waals surface area contributed by atoms with Gasteiger partial charge in [-0.2, -0.15) is 0 Å². The van der Waals surface area contributed by atoms with Gasteiger partial charge >= 0.3 is 5.97 Å². The van der Waals surface area contributed by atoms with Crippen LogP contribution in [0.4, 0.5) is 0 Å². The van der Waals surface area contributed by atoms with Gasteiger partial charge in [0, 0.05) is 19.5 Å². The molecule has 0 radical (unpaired) electrons. The predicted molar refractivity (Wildman–Crippen MR) is 185 cm³/mol. The van der Waals surface area contributed by atoms with Crippen LogP contribution >= 0.6 is 0 Å². The minimum atomic E-state index is -1.26. The number of ether oxygens (including phenoxy) is 2. The Hall–Kier alpha value is -4.28. The first-order chi connectivity index (χ1) is 23.6. The zero-order valence-electron chi connectivity index (χ0n) is 28.5. The zero-order chi connectivity index (χ0) is 35.1. The molecule has 7 atom stereocenters. The zero-order valence-corrected chi connectivity index (χ0v) is 28.5.